The zero-order valence-corrected chi connectivity index (χ0v) is 27.7. The van der Waals surface area contributed by atoms with Gasteiger partial charge in [0.25, 0.3) is 5.91 Å². The third-order valence-electron chi connectivity index (χ3n) is 9.65. The normalized spacial score (nSPS) is 20.5. The van der Waals surface area contributed by atoms with E-state index in [1.54, 1.807) is 10.9 Å². The first kappa shape index (κ1) is 34.0. The molecule has 0 saturated heterocycles. The number of carbonyl (C=O) groups is 2. The molecule has 0 radical (unpaired) electrons. The number of benzene rings is 2. The predicted molar refractivity (Wildman–Crippen MR) is 170 cm³/mol. The molecule has 2 atom stereocenters. The van der Waals surface area contributed by atoms with Crippen LogP contribution in [-0.4, -0.2) is 63.7 Å². The Balaban J connectivity index is 1.30. The maximum Gasteiger partial charge on any atom is 0.424 e. The lowest BCUT2D eigenvalue weighted by atomic mass is 9.81. The Morgan fingerprint density at radius 1 is 1.12 bits per heavy atom. The van der Waals surface area contributed by atoms with E-state index in [0.29, 0.717) is 29.8 Å². The van der Waals surface area contributed by atoms with Crippen molar-refractivity contribution in [1.82, 2.24) is 25.4 Å². The van der Waals surface area contributed by atoms with E-state index in [1.165, 1.54) is 26.2 Å². The van der Waals surface area contributed by atoms with Crippen LogP contribution in [-0.2, 0) is 15.8 Å². The molecule has 7 rings (SSSR count). The number of fused-ring (bicyclic) bond motifs is 2. The van der Waals surface area contributed by atoms with Crippen LogP contribution in [0.15, 0.2) is 36.5 Å². The number of hydrogen-bond acceptors (Lipinski definition) is 7. The number of methoxy groups -OCH3 is 1. The average molecular weight is 720 g/mol. The molecule has 3 N–H and O–H groups in total. The van der Waals surface area contributed by atoms with Crippen molar-refractivity contribution in [3.8, 4) is 22.8 Å². The smallest absolute Gasteiger partial charge is 0.424 e. The van der Waals surface area contributed by atoms with Gasteiger partial charge in [-0.3, -0.25) is 14.3 Å². The second kappa shape index (κ2) is 11.5. The summed E-state index contributed by atoms with van der Waals surface area (Å²) in [5.74, 6) is -3.93. The van der Waals surface area contributed by atoms with Crippen molar-refractivity contribution >= 4 is 34.3 Å². The number of ether oxygens (including phenoxy) is 2. The summed E-state index contributed by atoms with van der Waals surface area (Å²) in [6.45, 7) is 1.45. The number of amides is 2. The molecule has 4 aromatic rings. The number of aliphatic hydroxyl groups is 1. The van der Waals surface area contributed by atoms with Gasteiger partial charge in [0.2, 0.25) is 11.5 Å². The molecule has 1 aliphatic heterocycles. The largest absolute Gasteiger partial charge is 0.494 e. The van der Waals surface area contributed by atoms with Crippen LogP contribution in [0.5, 0.6) is 11.5 Å². The molecule has 16 heteroatoms. The fourth-order valence-electron chi connectivity index (χ4n) is 5.98. The predicted octanol–water partition coefficient (Wildman–Crippen LogP) is 5.87. The van der Waals surface area contributed by atoms with Crippen LogP contribution >= 0.6 is 11.6 Å². The molecule has 264 valence electrons. The van der Waals surface area contributed by atoms with Crippen molar-refractivity contribution in [3.63, 3.8) is 0 Å². The molecule has 2 aliphatic carbocycles. The minimum Gasteiger partial charge on any atom is -0.494 e. The zero-order chi connectivity index (χ0) is 36.0. The lowest BCUT2D eigenvalue weighted by Gasteiger charge is -2.32. The van der Waals surface area contributed by atoms with E-state index in [1.807, 2.05) is 6.92 Å². The highest BCUT2D eigenvalue weighted by molar-refractivity contribution is 6.31. The summed E-state index contributed by atoms with van der Waals surface area (Å²) in [6.07, 6.45) is -0.505. The summed E-state index contributed by atoms with van der Waals surface area (Å²) in [6, 6.07) is 5.11. The molecule has 2 amide bonds. The topological polar surface area (TPSA) is 128 Å². The molecule has 2 saturated carbocycles. The van der Waals surface area contributed by atoms with E-state index in [2.05, 4.69) is 20.7 Å². The van der Waals surface area contributed by atoms with Crippen molar-refractivity contribution in [2.24, 2.45) is 0 Å². The second-order valence-electron chi connectivity index (χ2n) is 13.6. The highest BCUT2D eigenvalue weighted by Crippen LogP contribution is 2.49. The molecule has 0 bridgehead atoms. The molecule has 50 heavy (non-hydrogen) atoms. The number of rotatable bonds is 9. The number of hydrogen-bond donors (Lipinski definition) is 3. The number of halogens is 6. The maximum atomic E-state index is 15.3. The first-order chi connectivity index (χ1) is 23.5. The lowest BCUT2D eigenvalue weighted by Crippen LogP contribution is -2.52. The van der Waals surface area contributed by atoms with E-state index in [-0.39, 0.29) is 35.3 Å². The Hall–Kier alpha value is -4.50. The SMILES string of the molecule is COc1cc(C(=O)NC[C@](O)(c2cc3c(c(-c4cc(Cl)c(F)cc4F)n2)OC[C@]3(C)C(=O)NC2(C)CC2)C(F)(F)F)cc2cn(C3CC3)nc12. The quantitative estimate of drug-likeness (QED) is 0.146. The fourth-order valence-corrected chi connectivity index (χ4v) is 6.14. The summed E-state index contributed by atoms with van der Waals surface area (Å²) >= 11 is 5.93. The average Bonchev–Trinajstić information content (AvgIpc) is 3.97. The molecule has 3 aliphatic rings. The Bertz CT molecular complexity index is 2080. The van der Waals surface area contributed by atoms with Gasteiger partial charge in [-0.1, -0.05) is 11.6 Å². The highest BCUT2D eigenvalue weighted by Gasteiger charge is 2.58. The zero-order valence-electron chi connectivity index (χ0n) is 27.0. The molecule has 0 spiro atoms. The van der Waals surface area contributed by atoms with Gasteiger partial charge in [0.1, 0.15) is 46.4 Å². The molecule has 2 aromatic heterocycles. The number of aromatic nitrogens is 3. The number of nitrogens with one attached hydrogen (secondary N) is 2. The van der Waals surface area contributed by atoms with E-state index < -0.39 is 74.7 Å². The van der Waals surface area contributed by atoms with Crippen molar-refractivity contribution in [2.75, 3.05) is 20.3 Å². The molecule has 0 unspecified atom stereocenters. The van der Waals surface area contributed by atoms with Crippen LogP contribution < -0.4 is 20.1 Å². The number of pyridine rings is 1. The number of nitrogens with zero attached hydrogens (tertiary/aromatic N) is 3. The number of carbonyl (C=O) groups excluding carboxylic acids is 2. The van der Waals surface area contributed by atoms with Gasteiger partial charge in [-0.25, -0.2) is 13.8 Å². The van der Waals surface area contributed by atoms with Gasteiger partial charge in [-0.15, -0.1) is 0 Å². The fraction of sp³-hybridized carbons (Fsp3) is 0.412. The lowest BCUT2D eigenvalue weighted by molar-refractivity contribution is -0.265. The Kier molecular flexibility index (Phi) is 7.83. The van der Waals surface area contributed by atoms with Crippen molar-refractivity contribution in [2.45, 2.75) is 68.3 Å². The van der Waals surface area contributed by atoms with Crippen LogP contribution in [0.3, 0.4) is 0 Å². The van der Waals surface area contributed by atoms with E-state index in [9.17, 15) is 32.3 Å². The standard InChI is InChI=1S/C34H31ClF5N5O5/c1-31(6-7-31)43-30(47)32(2)15-50-28-20(32)11-25(42-27(28)19-10-21(35)23(37)12-22(19)36)33(48,34(38,39)40)14-41-29(46)16-8-17-13-45(18-4-5-18)44-26(17)24(9-16)49-3/h8-13,18,48H,4-7,14-15H2,1-3H3,(H,41,46)(H,43,47)/t32-,33-/m0/s1. The van der Waals surface area contributed by atoms with Crippen molar-refractivity contribution < 1.29 is 46.1 Å². The third-order valence-corrected chi connectivity index (χ3v) is 9.94. The highest BCUT2D eigenvalue weighted by atomic mass is 35.5. The summed E-state index contributed by atoms with van der Waals surface area (Å²) < 4.78 is 87.3. The van der Waals surface area contributed by atoms with Gasteiger partial charge in [0, 0.05) is 39.9 Å². The van der Waals surface area contributed by atoms with Gasteiger partial charge < -0.3 is 25.2 Å². The molecule has 3 heterocycles. The van der Waals surface area contributed by atoms with E-state index in [4.69, 9.17) is 21.1 Å². The molecular formula is C34H31ClF5N5O5. The Morgan fingerprint density at radius 3 is 2.48 bits per heavy atom. The van der Waals surface area contributed by atoms with Crippen molar-refractivity contribution in [1.29, 1.82) is 0 Å². The van der Waals surface area contributed by atoms with Crippen LogP contribution in [0, 0.1) is 11.6 Å². The Labute approximate surface area is 286 Å². The van der Waals surface area contributed by atoms with E-state index >= 15 is 4.39 Å². The minimum atomic E-state index is -5.47. The van der Waals surface area contributed by atoms with Crippen LogP contribution in [0.25, 0.3) is 22.2 Å². The summed E-state index contributed by atoms with van der Waals surface area (Å²) in [5.41, 5.74) is -7.88. The summed E-state index contributed by atoms with van der Waals surface area (Å²) in [7, 11) is 1.37. The van der Waals surface area contributed by atoms with Gasteiger partial charge in [-0.05, 0) is 63.8 Å². The van der Waals surface area contributed by atoms with Gasteiger partial charge in [0.15, 0.2) is 0 Å². The van der Waals surface area contributed by atoms with E-state index in [0.717, 1.165) is 25.0 Å². The van der Waals surface area contributed by atoms with Crippen LogP contribution in [0.2, 0.25) is 5.02 Å². The minimum absolute atomic E-state index is 0.0638. The third kappa shape index (κ3) is 5.69. The summed E-state index contributed by atoms with van der Waals surface area (Å²) in [4.78, 5) is 31.0. The first-order valence-corrected chi connectivity index (χ1v) is 16.1. The molecule has 2 aromatic carbocycles. The van der Waals surface area contributed by atoms with Gasteiger partial charge in [0.05, 0.1) is 30.4 Å². The van der Waals surface area contributed by atoms with Crippen LogP contribution in [0.1, 0.15) is 67.2 Å². The van der Waals surface area contributed by atoms with Crippen LogP contribution in [0.4, 0.5) is 22.0 Å². The van der Waals surface area contributed by atoms with Crippen molar-refractivity contribution in [3.05, 3.63) is 70.0 Å². The summed E-state index contributed by atoms with van der Waals surface area (Å²) in [5, 5.41) is 21.0. The Morgan fingerprint density at radius 2 is 1.84 bits per heavy atom. The molecule has 10 nitrogen and oxygen atoms in total. The first-order valence-electron chi connectivity index (χ1n) is 15.8. The number of alkyl halides is 3. The molecule has 2 fully saturated rings. The monoisotopic (exact) mass is 719 g/mol. The van der Waals surface area contributed by atoms with Gasteiger partial charge >= 0.3 is 6.18 Å². The van der Waals surface area contributed by atoms with Gasteiger partial charge in [-0.2, -0.15) is 18.3 Å². The molecular weight excluding hydrogens is 689 g/mol. The maximum absolute atomic E-state index is 15.3. The second-order valence-corrected chi connectivity index (χ2v) is 14.0.